The summed E-state index contributed by atoms with van der Waals surface area (Å²) < 4.78 is 27.0. The Morgan fingerprint density at radius 2 is 1.81 bits per heavy atom. The van der Waals surface area contributed by atoms with E-state index in [2.05, 4.69) is 10.0 Å². The second kappa shape index (κ2) is 8.17. The molecule has 0 saturated heterocycles. The molecule has 0 fully saturated rings. The lowest BCUT2D eigenvalue weighted by Crippen LogP contribution is -2.36. The Bertz CT molecular complexity index is 525. The topological polar surface area (TPSA) is 58.2 Å². The van der Waals surface area contributed by atoms with Crippen LogP contribution in [0.1, 0.15) is 25.8 Å². The minimum absolute atomic E-state index is 0.111. The molecule has 0 radical (unpaired) electrons. The largest absolute Gasteiger partial charge is 0.320 e. The van der Waals surface area contributed by atoms with Crippen LogP contribution >= 0.6 is 11.8 Å². The molecular formula is C15H26N2O2S2. The van der Waals surface area contributed by atoms with Gasteiger partial charge in [0, 0.05) is 11.3 Å². The van der Waals surface area contributed by atoms with E-state index < -0.39 is 10.0 Å². The molecule has 0 aliphatic carbocycles. The van der Waals surface area contributed by atoms with Crippen LogP contribution in [0.3, 0.4) is 0 Å². The van der Waals surface area contributed by atoms with Crippen molar-refractivity contribution < 1.29 is 8.42 Å². The number of sulfonamides is 1. The Morgan fingerprint density at radius 1 is 1.19 bits per heavy atom. The monoisotopic (exact) mass is 330 g/mol. The van der Waals surface area contributed by atoms with Crippen molar-refractivity contribution in [2.75, 3.05) is 26.4 Å². The zero-order valence-electron chi connectivity index (χ0n) is 13.3. The van der Waals surface area contributed by atoms with E-state index in [0.29, 0.717) is 11.4 Å². The molecule has 0 spiro atoms. The maximum atomic E-state index is 12.2. The molecule has 120 valence electrons. The number of benzene rings is 1. The van der Waals surface area contributed by atoms with Gasteiger partial charge in [0.25, 0.3) is 0 Å². The minimum atomic E-state index is -3.42. The first-order valence-corrected chi connectivity index (χ1v) is 9.80. The first-order chi connectivity index (χ1) is 9.80. The van der Waals surface area contributed by atoms with Crippen LogP contribution in [0, 0.1) is 0 Å². The molecular weight excluding hydrogens is 304 g/mol. The Labute approximate surface area is 133 Å². The van der Waals surface area contributed by atoms with Crippen LogP contribution in [-0.4, -0.2) is 39.6 Å². The molecule has 21 heavy (non-hydrogen) atoms. The lowest BCUT2D eigenvalue weighted by Gasteiger charge is -2.22. The average Bonchev–Trinajstić information content (AvgIpc) is 2.46. The van der Waals surface area contributed by atoms with E-state index in [9.17, 15) is 8.42 Å². The fourth-order valence-electron chi connectivity index (χ4n) is 1.73. The van der Waals surface area contributed by atoms with E-state index in [4.69, 9.17) is 0 Å². The lowest BCUT2D eigenvalue weighted by molar-refractivity contribution is 0.570. The van der Waals surface area contributed by atoms with Gasteiger partial charge < -0.3 is 5.32 Å². The first kappa shape index (κ1) is 18.5. The third kappa shape index (κ3) is 6.38. The van der Waals surface area contributed by atoms with Gasteiger partial charge in [0.1, 0.15) is 0 Å². The summed E-state index contributed by atoms with van der Waals surface area (Å²) in [5.41, 5.74) is 1.16. The molecule has 0 saturated carbocycles. The van der Waals surface area contributed by atoms with Crippen LogP contribution in [0.4, 0.5) is 0 Å². The number of aryl methyl sites for hydroxylation is 1. The smallest absolute Gasteiger partial charge is 0.240 e. The van der Waals surface area contributed by atoms with Crippen molar-refractivity contribution in [3.63, 3.8) is 0 Å². The fourth-order valence-corrected chi connectivity index (χ4v) is 3.25. The van der Waals surface area contributed by atoms with Crippen LogP contribution in [-0.2, 0) is 16.4 Å². The number of nitrogens with one attached hydrogen (secondary N) is 2. The van der Waals surface area contributed by atoms with Gasteiger partial charge in [-0.05, 0) is 64.2 Å². The molecule has 1 aromatic carbocycles. The standard InChI is InChI=1S/C15H26N2O2S2/c1-15(2,20-4)12-17-21(18,19)14-9-7-13(8-10-14)6-5-11-16-3/h7-10,16-17H,5-6,11-12H2,1-4H3. The van der Waals surface area contributed by atoms with Gasteiger partial charge >= 0.3 is 0 Å². The summed E-state index contributed by atoms with van der Waals surface area (Å²) in [6.45, 7) is 5.42. The summed E-state index contributed by atoms with van der Waals surface area (Å²) in [4.78, 5) is 0.330. The lowest BCUT2D eigenvalue weighted by atomic mass is 10.1. The molecule has 0 aromatic heterocycles. The summed E-state index contributed by atoms with van der Waals surface area (Å²) in [5.74, 6) is 0. The highest BCUT2D eigenvalue weighted by Gasteiger charge is 2.21. The zero-order valence-corrected chi connectivity index (χ0v) is 14.9. The zero-order chi connectivity index (χ0) is 15.9. The Balaban J connectivity index is 2.67. The minimum Gasteiger partial charge on any atom is -0.320 e. The first-order valence-electron chi connectivity index (χ1n) is 7.09. The van der Waals surface area contributed by atoms with E-state index >= 15 is 0 Å². The highest BCUT2D eigenvalue weighted by molar-refractivity contribution is 8.00. The summed E-state index contributed by atoms with van der Waals surface area (Å²) in [7, 11) is -1.49. The fraction of sp³-hybridized carbons (Fsp3) is 0.600. The Hall–Kier alpha value is -0.560. The number of hydrogen-bond acceptors (Lipinski definition) is 4. The molecule has 6 heteroatoms. The van der Waals surface area contributed by atoms with E-state index in [0.717, 1.165) is 24.9 Å². The Morgan fingerprint density at radius 3 is 2.33 bits per heavy atom. The maximum absolute atomic E-state index is 12.2. The van der Waals surface area contributed by atoms with Crippen LogP contribution in [0.5, 0.6) is 0 Å². The van der Waals surface area contributed by atoms with Gasteiger partial charge in [0.15, 0.2) is 0 Å². The second-order valence-corrected chi connectivity index (χ2v) is 8.92. The summed E-state index contributed by atoms with van der Waals surface area (Å²) in [5, 5.41) is 3.10. The molecule has 1 aromatic rings. The number of rotatable bonds is 9. The molecule has 0 unspecified atom stereocenters. The summed E-state index contributed by atoms with van der Waals surface area (Å²) in [6.07, 6.45) is 3.98. The van der Waals surface area contributed by atoms with Gasteiger partial charge in [0.2, 0.25) is 10.0 Å². The van der Waals surface area contributed by atoms with Crippen molar-refractivity contribution in [1.29, 1.82) is 0 Å². The molecule has 0 bridgehead atoms. The van der Waals surface area contributed by atoms with Gasteiger partial charge in [-0.2, -0.15) is 11.8 Å². The molecule has 2 N–H and O–H groups in total. The van der Waals surface area contributed by atoms with Crippen molar-refractivity contribution in [1.82, 2.24) is 10.0 Å². The normalized spacial score (nSPS) is 12.6. The van der Waals surface area contributed by atoms with E-state index in [1.54, 1.807) is 23.9 Å². The van der Waals surface area contributed by atoms with Gasteiger partial charge in [-0.1, -0.05) is 12.1 Å². The highest BCUT2D eigenvalue weighted by atomic mass is 32.2. The quantitative estimate of drug-likeness (QED) is 0.682. The number of hydrogen-bond donors (Lipinski definition) is 2. The second-order valence-electron chi connectivity index (χ2n) is 5.64. The SMILES string of the molecule is CNCCCc1ccc(S(=O)(=O)NCC(C)(C)SC)cc1. The van der Waals surface area contributed by atoms with Gasteiger partial charge in [-0.25, -0.2) is 13.1 Å². The summed E-state index contributed by atoms with van der Waals surface area (Å²) in [6, 6.07) is 7.15. The molecule has 0 aliphatic heterocycles. The highest BCUT2D eigenvalue weighted by Crippen LogP contribution is 2.21. The molecule has 0 amide bonds. The molecule has 0 heterocycles. The van der Waals surface area contributed by atoms with Crippen molar-refractivity contribution in [3.05, 3.63) is 29.8 Å². The van der Waals surface area contributed by atoms with Crippen LogP contribution in [0.15, 0.2) is 29.2 Å². The third-order valence-corrected chi connectivity index (χ3v) is 6.03. The van der Waals surface area contributed by atoms with Gasteiger partial charge in [-0.15, -0.1) is 0 Å². The molecule has 4 nitrogen and oxygen atoms in total. The molecule has 1 rings (SSSR count). The molecule has 0 atom stereocenters. The van der Waals surface area contributed by atoms with Crippen molar-refractivity contribution >= 4 is 21.8 Å². The average molecular weight is 331 g/mol. The maximum Gasteiger partial charge on any atom is 0.240 e. The predicted octanol–water partition coefficient (Wildman–Crippen LogP) is 2.26. The van der Waals surface area contributed by atoms with Crippen LogP contribution in [0.2, 0.25) is 0 Å². The van der Waals surface area contributed by atoms with Crippen molar-refractivity contribution in [3.8, 4) is 0 Å². The van der Waals surface area contributed by atoms with Crippen LogP contribution < -0.4 is 10.0 Å². The summed E-state index contributed by atoms with van der Waals surface area (Å²) >= 11 is 1.64. The third-order valence-electron chi connectivity index (χ3n) is 3.37. The predicted molar refractivity (Wildman–Crippen MR) is 91.5 cm³/mol. The van der Waals surface area contributed by atoms with Crippen LogP contribution in [0.25, 0.3) is 0 Å². The van der Waals surface area contributed by atoms with Gasteiger partial charge in [-0.3, -0.25) is 0 Å². The van der Waals surface area contributed by atoms with Crippen molar-refractivity contribution in [2.24, 2.45) is 0 Å². The van der Waals surface area contributed by atoms with Gasteiger partial charge in [0.05, 0.1) is 4.90 Å². The van der Waals surface area contributed by atoms with E-state index in [-0.39, 0.29) is 4.75 Å². The molecule has 0 aliphatic rings. The Kier molecular flexibility index (Phi) is 7.20. The van der Waals surface area contributed by atoms with Crippen molar-refractivity contribution in [2.45, 2.75) is 36.3 Å². The van der Waals surface area contributed by atoms with E-state index in [1.165, 1.54) is 0 Å². The number of thioether (sulfide) groups is 1. The van der Waals surface area contributed by atoms with E-state index in [1.807, 2.05) is 39.3 Å².